The third kappa shape index (κ3) is 4.81. The van der Waals surface area contributed by atoms with Crippen LogP contribution in [0, 0.1) is 30.6 Å². The fraction of sp³-hybridized carbons (Fsp3) is 0.250. The number of anilines is 2. The summed E-state index contributed by atoms with van der Waals surface area (Å²) in [6, 6.07) is 27.4. The van der Waals surface area contributed by atoms with Gasteiger partial charge in [-0.2, -0.15) is 5.01 Å². The number of ether oxygens (including phenoxy) is 1. The molecular formula is C40H36BN3O8. The molecule has 0 aromatic heterocycles. The summed E-state index contributed by atoms with van der Waals surface area (Å²) in [5.74, 6) is -6.09. The lowest BCUT2D eigenvalue weighted by Gasteiger charge is -2.50. The Balaban J connectivity index is 1.32. The number of amides is 4. The molecule has 6 atom stereocenters. The van der Waals surface area contributed by atoms with E-state index in [1.807, 2.05) is 55.5 Å². The van der Waals surface area contributed by atoms with Crippen molar-refractivity contribution in [2.75, 3.05) is 17.4 Å². The summed E-state index contributed by atoms with van der Waals surface area (Å²) >= 11 is 0. The number of para-hydroxylation sites is 1. The van der Waals surface area contributed by atoms with Crippen LogP contribution >= 0.6 is 0 Å². The lowest BCUT2D eigenvalue weighted by atomic mass is 9.49. The average molecular weight is 698 g/mol. The van der Waals surface area contributed by atoms with Crippen LogP contribution in [0.3, 0.4) is 0 Å². The van der Waals surface area contributed by atoms with E-state index in [9.17, 15) is 29.5 Å². The zero-order valence-corrected chi connectivity index (χ0v) is 28.5. The molecule has 0 radical (unpaired) electrons. The van der Waals surface area contributed by atoms with Crippen LogP contribution in [0.25, 0.3) is 0 Å². The van der Waals surface area contributed by atoms with Crippen molar-refractivity contribution in [3.8, 4) is 11.5 Å². The maximum absolute atomic E-state index is 15.3. The van der Waals surface area contributed by atoms with Gasteiger partial charge in [0.1, 0.15) is 0 Å². The van der Waals surface area contributed by atoms with Crippen molar-refractivity contribution in [2.45, 2.75) is 31.1 Å². The quantitative estimate of drug-likeness (QED) is 0.129. The number of rotatable bonds is 7. The van der Waals surface area contributed by atoms with Gasteiger partial charge in [0.25, 0.3) is 11.8 Å². The van der Waals surface area contributed by atoms with Gasteiger partial charge in [-0.15, -0.1) is 0 Å². The normalized spacial score (nSPS) is 26.5. The van der Waals surface area contributed by atoms with Gasteiger partial charge in [0.15, 0.2) is 11.5 Å². The molecule has 0 spiro atoms. The van der Waals surface area contributed by atoms with Gasteiger partial charge in [0.05, 0.1) is 41.7 Å². The maximum Gasteiger partial charge on any atom is 0.488 e. The Bertz CT molecular complexity index is 2160. The van der Waals surface area contributed by atoms with E-state index < -0.39 is 65.8 Å². The minimum atomic E-state index is -1.80. The number of aryl methyl sites for hydroxylation is 1. The summed E-state index contributed by atoms with van der Waals surface area (Å²) in [5.41, 5.74) is 5.03. The van der Waals surface area contributed by atoms with Gasteiger partial charge in [0, 0.05) is 11.5 Å². The van der Waals surface area contributed by atoms with Gasteiger partial charge in [-0.1, -0.05) is 83.9 Å². The number of nitrogens with one attached hydrogen (secondary N) is 1. The van der Waals surface area contributed by atoms with Gasteiger partial charge in [0.2, 0.25) is 11.8 Å². The second-order valence-corrected chi connectivity index (χ2v) is 14.0. The number of allylic oxidation sites excluding steroid dienone is 2. The first-order valence-corrected chi connectivity index (χ1v) is 17.2. The number of fused-ring (bicyclic) bond motifs is 4. The van der Waals surface area contributed by atoms with E-state index in [0.29, 0.717) is 22.4 Å². The molecule has 11 nitrogen and oxygen atoms in total. The van der Waals surface area contributed by atoms with E-state index in [0.717, 1.165) is 15.5 Å². The van der Waals surface area contributed by atoms with Crippen molar-refractivity contribution < 1.29 is 39.1 Å². The van der Waals surface area contributed by atoms with Crippen molar-refractivity contribution in [3.63, 3.8) is 0 Å². The Labute approximate surface area is 300 Å². The van der Waals surface area contributed by atoms with E-state index in [2.05, 4.69) is 5.43 Å². The first-order valence-electron chi connectivity index (χ1n) is 17.2. The minimum absolute atomic E-state index is 0.0853. The third-order valence-electron chi connectivity index (χ3n) is 11.4. The first-order chi connectivity index (χ1) is 25.1. The fourth-order valence-electron chi connectivity index (χ4n) is 9.11. The highest BCUT2D eigenvalue weighted by Gasteiger charge is 2.70. The number of carbonyl (C=O) groups is 4. The molecule has 4 N–H and O–H groups in total. The summed E-state index contributed by atoms with van der Waals surface area (Å²) < 4.78 is 5.53. The molecule has 4 aromatic rings. The first kappa shape index (κ1) is 33.4. The molecule has 2 heterocycles. The van der Waals surface area contributed by atoms with E-state index in [1.165, 1.54) is 19.2 Å². The number of carbonyl (C=O) groups excluding carboxylic acids is 4. The van der Waals surface area contributed by atoms with Crippen molar-refractivity contribution in [3.05, 3.63) is 125 Å². The molecule has 2 aliphatic heterocycles. The zero-order valence-electron chi connectivity index (χ0n) is 28.5. The lowest BCUT2D eigenvalue weighted by Crippen LogP contribution is -2.53. The minimum Gasteiger partial charge on any atom is -0.504 e. The van der Waals surface area contributed by atoms with Crippen molar-refractivity contribution in [1.29, 1.82) is 0 Å². The number of hydrazine groups is 1. The summed E-state index contributed by atoms with van der Waals surface area (Å²) in [7, 11) is -0.367. The number of benzene rings is 4. The van der Waals surface area contributed by atoms with E-state index in [-0.39, 0.29) is 35.5 Å². The molecule has 6 unspecified atom stereocenters. The van der Waals surface area contributed by atoms with E-state index >= 15 is 4.79 Å². The van der Waals surface area contributed by atoms with Crippen molar-refractivity contribution >= 4 is 47.6 Å². The third-order valence-corrected chi connectivity index (χ3v) is 11.4. The monoisotopic (exact) mass is 697 g/mol. The fourth-order valence-corrected chi connectivity index (χ4v) is 9.11. The Hall–Kier alpha value is -5.72. The summed E-state index contributed by atoms with van der Waals surface area (Å²) in [4.78, 5) is 59.8. The van der Waals surface area contributed by atoms with Crippen LogP contribution in [-0.4, -0.2) is 58.0 Å². The molecule has 1 saturated carbocycles. The van der Waals surface area contributed by atoms with Gasteiger partial charge in [-0.3, -0.25) is 29.5 Å². The second-order valence-electron chi connectivity index (χ2n) is 14.0. The Morgan fingerprint density at radius 1 is 0.846 bits per heavy atom. The number of imide groups is 2. The van der Waals surface area contributed by atoms with Crippen LogP contribution in [-0.2, 0) is 24.6 Å². The standard InChI is InChI=1S/C40H36BN3O8/c1-22-14-16-25(17-15-22)42-44-37(47)31-21-30-27(18-19-28-33(30)38(48)43(36(28)46)26-11-6-10-24(20-26)41(50)51)34(29-12-7-13-32(52-2)35(29)45)40(31,39(44)49)23-8-4-3-5-9-23/h3-18,20,28,30-31,33-34,42,45,50-51H,19,21H2,1-2H3. The molecule has 2 aliphatic carbocycles. The topological polar surface area (TPSA) is 157 Å². The Kier molecular flexibility index (Phi) is 8.04. The number of hydrogen-bond acceptors (Lipinski definition) is 9. The van der Waals surface area contributed by atoms with E-state index in [4.69, 9.17) is 4.74 Å². The molecule has 0 bridgehead atoms. The highest BCUT2D eigenvalue weighted by atomic mass is 16.5. The maximum atomic E-state index is 15.3. The SMILES string of the molecule is COc1cccc(C2C3=CCC4C(=O)N(c5cccc(B(O)O)c5)C(=O)C4C3CC3C(=O)N(Nc4ccc(C)cc4)C(=O)C32c2ccccc2)c1O. The number of phenolic OH excluding ortho intramolecular Hbond substituents is 1. The van der Waals surface area contributed by atoms with Gasteiger partial charge < -0.3 is 19.9 Å². The predicted octanol–water partition coefficient (Wildman–Crippen LogP) is 3.58. The van der Waals surface area contributed by atoms with Crippen molar-refractivity contribution in [2.24, 2.45) is 23.7 Å². The van der Waals surface area contributed by atoms with Gasteiger partial charge in [-0.05, 0) is 67.0 Å². The number of nitrogens with zero attached hydrogens (tertiary/aromatic N) is 2. The molecule has 12 heteroatoms. The predicted molar refractivity (Wildman–Crippen MR) is 192 cm³/mol. The molecule has 4 aliphatic rings. The second kappa shape index (κ2) is 12.5. The number of hydrogen-bond donors (Lipinski definition) is 4. The number of methoxy groups -OCH3 is 1. The summed E-state index contributed by atoms with van der Waals surface area (Å²) in [6.07, 6.45) is 2.18. The molecule has 4 aromatic carbocycles. The van der Waals surface area contributed by atoms with Crippen LogP contribution in [0.1, 0.15) is 35.4 Å². The summed E-state index contributed by atoms with van der Waals surface area (Å²) in [6.45, 7) is 1.94. The molecule has 52 heavy (non-hydrogen) atoms. The molecule has 3 fully saturated rings. The largest absolute Gasteiger partial charge is 0.504 e. The molecule has 262 valence electrons. The van der Waals surface area contributed by atoms with Gasteiger partial charge in [-0.25, -0.2) is 0 Å². The lowest BCUT2D eigenvalue weighted by molar-refractivity contribution is -0.138. The van der Waals surface area contributed by atoms with E-state index in [1.54, 1.807) is 42.5 Å². The average Bonchev–Trinajstić information content (AvgIpc) is 3.54. The Morgan fingerprint density at radius 3 is 2.29 bits per heavy atom. The van der Waals surface area contributed by atoms with Crippen LogP contribution < -0.4 is 20.5 Å². The molecule has 2 saturated heterocycles. The molecule has 4 amide bonds. The Morgan fingerprint density at radius 2 is 1.58 bits per heavy atom. The van der Waals surface area contributed by atoms with Crippen LogP contribution in [0.5, 0.6) is 11.5 Å². The van der Waals surface area contributed by atoms with Crippen LogP contribution in [0.4, 0.5) is 11.4 Å². The zero-order chi connectivity index (χ0) is 36.5. The highest BCUT2D eigenvalue weighted by molar-refractivity contribution is 6.58. The highest BCUT2D eigenvalue weighted by Crippen LogP contribution is 2.65. The number of aromatic hydroxyl groups is 1. The van der Waals surface area contributed by atoms with Crippen molar-refractivity contribution in [1.82, 2.24) is 5.01 Å². The molecular weight excluding hydrogens is 661 g/mol. The number of phenols is 1. The molecule has 8 rings (SSSR count). The van der Waals surface area contributed by atoms with Gasteiger partial charge >= 0.3 is 7.12 Å². The van der Waals surface area contributed by atoms with Crippen LogP contribution in [0.2, 0.25) is 0 Å². The van der Waals surface area contributed by atoms with Crippen LogP contribution in [0.15, 0.2) is 109 Å². The smallest absolute Gasteiger partial charge is 0.488 e. The summed E-state index contributed by atoms with van der Waals surface area (Å²) in [5, 5.41) is 32.5.